The first kappa shape index (κ1) is 18.7. The standard InChI is InChI=1S/C18H13ClFN5O4/c19-9-7-22-24(8-9)3-4-29-13-2-1-10(5-12(13)20)25-14(26)6-11-15(16(25)21)18(28)23-17(11)27/h1-2,5-8H,3-4,21H2,(H,23,27,28). The highest BCUT2D eigenvalue weighted by Gasteiger charge is 2.31. The molecule has 3 heterocycles. The molecule has 0 fully saturated rings. The summed E-state index contributed by atoms with van der Waals surface area (Å²) in [6.07, 6.45) is 3.08. The minimum absolute atomic E-state index is 0.0345. The number of hydrogen-bond donors (Lipinski definition) is 2. The van der Waals surface area contributed by atoms with Gasteiger partial charge in [-0.15, -0.1) is 0 Å². The third-order valence-electron chi connectivity index (χ3n) is 4.31. The second kappa shape index (κ2) is 7.06. The van der Waals surface area contributed by atoms with Gasteiger partial charge in [0.25, 0.3) is 17.4 Å². The van der Waals surface area contributed by atoms with Crippen molar-refractivity contribution in [2.24, 2.45) is 0 Å². The molecule has 0 saturated heterocycles. The molecule has 9 nitrogen and oxygen atoms in total. The van der Waals surface area contributed by atoms with Gasteiger partial charge in [-0.3, -0.25) is 28.9 Å². The van der Waals surface area contributed by atoms with Gasteiger partial charge in [0.1, 0.15) is 12.4 Å². The molecule has 0 unspecified atom stereocenters. The van der Waals surface area contributed by atoms with Crippen LogP contribution in [0.3, 0.4) is 0 Å². The average Bonchev–Trinajstić information content (AvgIpc) is 3.19. The summed E-state index contributed by atoms with van der Waals surface area (Å²) < 4.78 is 22.4. The summed E-state index contributed by atoms with van der Waals surface area (Å²) in [5, 5.41) is 6.53. The Morgan fingerprint density at radius 1 is 1.21 bits per heavy atom. The fourth-order valence-corrected chi connectivity index (χ4v) is 3.16. The largest absolute Gasteiger partial charge is 0.489 e. The molecule has 3 aromatic rings. The van der Waals surface area contributed by atoms with Gasteiger partial charge in [0, 0.05) is 18.3 Å². The highest BCUT2D eigenvalue weighted by Crippen LogP contribution is 2.25. The maximum absolute atomic E-state index is 14.5. The van der Waals surface area contributed by atoms with E-state index in [-0.39, 0.29) is 35.0 Å². The number of nitrogens with one attached hydrogen (secondary N) is 1. The second-order valence-corrected chi connectivity index (χ2v) is 6.60. The Hall–Kier alpha value is -3.66. The number of imide groups is 1. The molecular weight excluding hydrogens is 405 g/mol. The molecular formula is C18H13ClFN5O4. The first-order chi connectivity index (χ1) is 13.8. The minimum atomic E-state index is -0.728. The minimum Gasteiger partial charge on any atom is -0.489 e. The zero-order valence-corrected chi connectivity index (χ0v) is 15.4. The SMILES string of the molecule is Nc1c2c(cc(=O)n1-c1ccc(OCCn3cc(Cl)cn3)c(F)c1)C(=O)NC2=O. The number of aromatic nitrogens is 3. The third kappa shape index (κ3) is 3.34. The van der Waals surface area contributed by atoms with E-state index in [4.69, 9.17) is 22.1 Å². The number of nitrogens with two attached hydrogens (primary N) is 1. The number of benzene rings is 1. The molecule has 2 amide bonds. The summed E-state index contributed by atoms with van der Waals surface area (Å²) in [6, 6.07) is 4.80. The maximum atomic E-state index is 14.5. The van der Waals surface area contributed by atoms with E-state index in [0.717, 1.165) is 16.7 Å². The third-order valence-corrected chi connectivity index (χ3v) is 4.50. The molecule has 11 heteroatoms. The molecule has 1 aliphatic heterocycles. The predicted octanol–water partition coefficient (Wildman–Crippen LogP) is 1.37. The van der Waals surface area contributed by atoms with Crippen LogP contribution in [0.25, 0.3) is 5.69 Å². The lowest BCUT2D eigenvalue weighted by molar-refractivity contribution is 0.0880. The Balaban J connectivity index is 1.60. The molecule has 1 aromatic carbocycles. The number of rotatable bonds is 5. The van der Waals surface area contributed by atoms with Crippen LogP contribution < -0.4 is 21.3 Å². The average molecular weight is 418 g/mol. The zero-order chi connectivity index (χ0) is 20.7. The van der Waals surface area contributed by atoms with Gasteiger partial charge >= 0.3 is 0 Å². The van der Waals surface area contributed by atoms with Gasteiger partial charge in [-0.25, -0.2) is 4.39 Å². The molecule has 0 radical (unpaired) electrons. The second-order valence-electron chi connectivity index (χ2n) is 6.16. The van der Waals surface area contributed by atoms with Gasteiger partial charge in [0.05, 0.1) is 34.6 Å². The topological polar surface area (TPSA) is 121 Å². The van der Waals surface area contributed by atoms with Crippen molar-refractivity contribution in [1.82, 2.24) is 19.7 Å². The quantitative estimate of drug-likeness (QED) is 0.605. The summed E-state index contributed by atoms with van der Waals surface area (Å²) in [7, 11) is 0. The molecule has 4 rings (SSSR count). The van der Waals surface area contributed by atoms with Crippen LogP contribution in [0.15, 0.2) is 41.5 Å². The first-order valence-electron chi connectivity index (χ1n) is 8.37. The summed E-state index contributed by atoms with van der Waals surface area (Å²) >= 11 is 5.77. The van der Waals surface area contributed by atoms with Crippen molar-refractivity contribution in [3.05, 3.63) is 69.0 Å². The molecule has 3 N–H and O–H groups in total. The van der Waals surface area contributed by atoms with Crippen molar-refractivity contribution < 1.29 is 18.7 Å². The lowest BCUT2D eigenvalue weighted by Gasteiger charge is -2.13. The number of nitrogen functional groups attached to an aromatic ring is 1. The van der Waals surface area contributed by atoms with Crippen LogP contribution in [-0.4, -0.2) is 32.8 Å². The Kier molecular flexibility index (Phi) is 4.55. The predicted molar refractivity (Wildman–Crippen MR) is 101 cm³/mol. The Bertz CT molecular complexity index is 1220. The first-order valence-corrected chi connectivity index (χ1v) is 8.75. The van der Waals surface area contributed by atoms with Gasteiger partial charge < -0.3 is 10.5 Å². The summed E-state index contributed by atoms with van der Waals surface area (Å²) in [5.41, 5.74) is 5.13. The summed E-state index contributed by atoms with van der Waals surface area (Å²) in [4.78, 5) is 36.0. The highest BCUT2D eigenvalue weighted by molar-refractivity contribution is 6.30. The van der Waals surface area contributed by atoms with E-state index >= 15 is 0 Å². The van der Waals surface area contributed by atoms with Crippen LogP contribution in [0.4, 0.5) is 10.2 Å². The molecule has 0 atom stereocenters. The van der Waals surface area contributed by atoms with Crippen molar-refractivity contribution in [3.63, 3.8) is 0 Å². The fraction of sp³-hybridized carbons (Fsp3) is 0.111. The van der Waals surface area contributed by atoms with Crippen molar-refractivity contribution in [2.45, 2.75) is 6.54 Å². The zero-order valence-electron chi connectivity index (χ0n) is 14.7. The lowest BCUT2D eigenvalue weighted by Crippen LogP contribution is -2.24. The van der Waals surface area contributed by atoms with Gasteiger partial charge in [-0.05, 0) is 12.1 Å². The van der Waals surface area contributed by atoms with Crippen LogP contribution >= 0.6 is 11.6 Å². The molecule has 0 spiro atoms. The van der Waals surface area contributed by atoms with E-state index in [1.807, 2.05) is 0 Å². The number of pyridine rings is 1. The highest BCUT2D eigenvalue weighted by atomic mass is 35.5. The normalized spacial score (nSPS) is 12.8. The van der Waals surface area contributed by atoms with Gasteiger partial charge in [-0.2, -0.15) is 5.10 Å². The Morgan fingerprint density at radius 3 is 2.69 bits per heavy atom. The number of carbonyl (C=O) groups excluding carboxylic acids is 2. The molecule has 0 saturated carbocycles. The van der Waals surface area contributed by atoms with Gasteiger partial charge in [0.2, 0.25) is 0 Å². The van der Waals surface area contributed by atoms with Gasteiger partial charge in [0.15, 0.2) is 11.6 Å². The van der Waals surface area contributed by atoms with E-state index in [0.29, 0.717) is 11.6 Å². The van der Waals surface area contributed by atoms with Crippen LogP contribution in [0.2, 0.25) is 5.02 Å². The van der Waals surface area contributed by atoms with Crippen molar-refractivity contribution in [1.29, 1.82) is 0 Å². The molecule has 2 aromatic heterocycles. The van der Waals surface area contributed by atoms with E-state index in [2.05, 4.69) is 10.4 Å². The van der Waals surface area contributed by atoms with Gasteiger partial charge in [-0.1, -0.05) is 11.6 Å². The van der Waals surface area contributed by atoms with Crippen molar-refractivity contribution in [3.8, 4) is 11.4 Å². The molecule has 148 valence electrons. The number of nitrogens with zero attached hydrogens (tertiary/aromatic N) is 3. The van der Waals surface area contributed by atoms with Crippen molar-refractivity contribution in [2.75, 3.05) is 12.3 Å². The van der Waals surface area contributed by atoms with E-state index in [1.165, 1.54) is 18.3 Å². The Labute approximate surface area is 167 Å². The molecule has 29 heavy (non-hydrogen) atoms. The smallest absolute Gasteiger partial charge is 0.262 e. The van der Waals surface area contributed by atoms with E-state index < -0.39 is 23.2 Å². The van der Waals surface area contributed by atoms with Crippen molar-refractivity contribution >= 4 is 29.2 Å². The van der Waals surface area contributed by atoms with E-state index in [1.54, 1.807) is 10.9 Å². The maximum Gasteiger partial charge on any atom is 0.262 e. The molecule has 0 aliphatic carbocycles. The molecule has 0 bridgehead atoms. The fourth-order valence-electron chi connectivity index (χ4n) is 3.00. The Morgan fingerprint density at radius 2 is 2.00 bits per heavy atom. The number of halogens is 2. The number of ether oxygens (including phenoxy) is 1. The number of carbonyl (C=O) groups is 2. The molecule has 1 aliphatic rings. The van der Waals surface area contributed by atoms with Crippen LogP contribution in [0, 0.1) is 5.82 Å². The van der Waals surface area contributed by atoms with Crippen LogP contribution in [-0.2, 0) is 6.54 Å². The lowest BCUT2D eigenvalue weighted by atomic mass is 10.1. The number of anilines is 1. The van der Waals surface area contributed by atoms with Crippen LogP contribution in [0.1, 0.15) is 20.7 Å². The summed E-state index contributed by atoms with van der Waals surface area (Å²) in [5.74, 6) is -2.43. The number of fused-ring (bicyclic) bond motifs is 1. The monoisotopic (exact) mass is 417 g/mol. The number of hydrogen-bond acceptors (Lipinski definition) is 6. The van der Waals surface area contributed by atoms with E-state index in [9.17, 15) is 18.8 Å². The summed E-state index contributed by atoms with van der Waals surface area (Å²) in [6.45, 7) is 0.492. The van der Waals surface area contributed by atoms with Crippen LogP contribution in [0.5, 0.6) is 5.75 Å². The number of amides is 2.